The Morgan fingerprint density at radius 1 is 1.30 bits per heavy atom. The van der Waals surface area contributed by atoms with Crippen molar-refractivity contribution in [1.29, 1.82) is 0 Å². The Kier molecular flexibility index (Phi) is 4.29. The molecule has 0 spiro atoms. The van der Waals surface area contributed by atoms with Gasteiger partial charge in [-0.2, -0.15) is 0 Å². The van der Waals surface area contributed by atoms with Crippen LogP contribution in [0.2, 0.25) is 0 Å². The molecule has 0 atom stereocenters. The summed E-state index contributed by atoms with van der Waals surface area (Å²) in [7, 11) is -1.83. The highest BCUT2D eigenvalue weighted by Gasteiger charge is 2.24. The first-order valence-corrected chi connectivity index (χ1v) is 9.35. The van der Waals surface area contributed by atoms with E-state index in [2.05, 4.69) is 26.6 Å². The molecule has 0 radical (unpaired) electrons. The molecule has 0 saturated carbocycles. The van der Waals surface area contributed by atoms with E-state index in [1.807, 2.05) is 6.07 Å². The zero-order valence-corrected chi connectivity index (χ0v) is 13.6. The average molecular weight is 296 g/mol. The normalized spacial score (nSPS) is 27.5. The third kappa shape index (κ3) is 3.85. The predicted octanol–water partition coefficient (Wildman–Crippen LogP) is 3.79. The van der Waals surface area contributed by atoms with Crippen LogP contribution in [-0.2, 0) is 21.4 Å². The molecule has 2 rings (SSSR count). The van der Waals surface area contributed by atoms with Crippen LogP contribution in [0.4, 0.5) is 4.39 Å². The molecule has 1 saturated heterocycles. The maximum absolute atomic E-state index is 13.6. The van der Waals surface area contributed by atoms with Crippen molar-refractivity contribution < 1.29 is 8.60 Å². The highest BCUT2D eigenvalue weighted by molar-refractivity contribution is 8.00. The van der Waals surface area contributed by atoms with Crippen molar-refractivity contribution >= 4 is 15.4 Å². The topological polar surface area (TPSA) is 17.1 Å². The van der Waals surface area contributed by atoms with Gasteiger partial charge in [0.15, 0.2) is 0 Å². The molecular formula is C17H25FOS. The molecule has 1 aliphatic heterocycles. The van der Waals surface area contributed by atoms with Crippen LogP contribution in [0.5, 0.6) is 0 Å². The van der Waals surface area contributed by atoms with Crippen LogP contribution in [0, 0.1) is 11.7 Å². The quantitative estimate of drug-likeness (QED) is 0.759. The first kappa shape index (κ1) is 15.6. The summed E-state index contributed by atoms with van der Waals surface area (Å²) in [6, 6.07) is 5.14. The Morgan fingerprint density at radius 3 is 2.45 bits per heavy atom. The zero-order chi connectivity index (χ0) is 15.0. The van der Waals surface area contributed by atoms with Gasteiger partial charge in [0.25, 0.3) is 0 Å². The Labute approximate surface area is 122 Å². The summed E-state index contributed by atoms with van der Waals surface area (Å²) in [4.78, 5) is 0. The first-order chi connectivity index (χ1) is 9.17. The minimum Gasteiger partial charge on any atom is -0.268 e. The van der Waals surface area contributed by atoms with Crippen LogP contribution in [0.1, 0.15) is 44.7 Å². The van der Waals surface area contributed by atoms with E-state index in [1.54, 1.807) is 12.1 Å². The van der Waals surface area contributed by atoms with Gasteiger partial charge >= 0.3 is 0 Å². The number of halogens is 1. The minimum absolute atomic E-state index is 0.0254. The van der Waals surface area contributed by atoms with Crippen molar-refractivity contribution in [2.45, 2.75) is 45.4 Å². The second-order valence-electron chi connectivity index (χ2n) is 7.07. The third-order valence-corrected chi connectivity index (χ3v) is 6.14. The molecular weight excluding hydrogens is 271 g/mol. The zero-order valence-electron chi connectivity index (χ0n) is 12.7. The summed E-state index contributed by atoms with van der Waals surface area (Å²) in [5, 5.41) is 0. The third-order valence-electron chi connectivity index (χ3n) is 4.18. The van der Waals surface area contributed by atoms with E-state index < -0.39 is 9.52 Å². The van der Waals surface area contributed by atoms with Crippen molar-refractivity contribution in [2.75, 3.05) is 11.5 Å². The van der Waals surface area contributed by atoms with Gasteiger partial charge in [0, 0.05) is 11.5 Å². The van der Waals surface area contributed by atoms with E-state index in [0.717, 1.165) is 36.3 Å². The molecule has 0 aliphatic carbocycles. The molecule has 1 nitrogen and oxygen atoms in total. The monoisotopic (exact) mass is 296 g/mol. The summed E-state index contributed by atoms with van der Waals surface area (Å²) >= 11 is 0. The Balaban J connectivity index is 2.19. The van der Waals surface area contributed by atoms with E-state index >= 15 is 0 Å². The summed E-state index contributed by atoms with van der Waals surface area (Å²) in [6.45, 7) is 6.48. The summed E-state index contributed by atoms with van der Waals surface area (Å²) < 4.78 is 25.5. The maximum Gasteiger partial charge on any atom is 0.123 e. The van der Waals surface area contributed by atoms with E-state index in [1.165, 1.54) is 5.56 Å². The van der Waals surface area contributed by atoms with Gasteiger partial charge in [-0.3, -0.25) is 4.21 Å². The summed E-state index contributed by atoms with van der Waals surface area (Å²) in [5.41, 5.74) is 2.36. The van der Waals surface area contributed by atoms with Crippen LogP contribution >= 0.6 is 0 Å². The highest BCUT2D eigenvalue weighted by Crippen LogP contribution is 2.31. The fourth-order valence-electron chi connectivity index (χ4n) is 2.99. The molecule has 0 bridgehead atoms. The molecule has 0 N–H and O–H groups in total. The fraction of sp³-hybridized carbons (Fsp3) is 0.588. The number of benzene rings is 1. The van der Waals surface area contributed by atoms with Crippen LogP contribution < -0.4 is 0 Å². The lowest BCUT2D eigenvalue weighted by Crippen LogP contribution is -2.25. The SMILES string of the molecule is C=S1(=O)CCC(Cc2cc(F)ccc2C(C)(C)C)CC1. The van der Waals surface area contributed by atoms with E-state index in [9.17, 15) is 8.60 Å². The Morgan fingerprint density at radius 2 is 1.90 bits per heavy atom. The summed E-state index contributed by atoms with van der Waals surface area (Å²) in [5.74, 6) is 5.60. The number of hydrogen-bond donors (Lipinski definition) is 0. The first-order valence-electron chi connectivity index (χ1n) is 7.29. The van der Waals surface area contributed by atoms with E-state index in [-0.39, 0.29) is 11.2 Å². The number of hydrogen-bond acceptors (Lipinski definition) is 1. The van der Waals surface area contributed by atoms with E-state index in [4.69, 9.17) is 0 Å². The van der Waals surface area contributed by atoms with Crippen molar-refractivity contribution in [3.8, 4) is 0 Å². The van der Waals surface area contributed by atoms with Crippen molar-refractivity contribution in [2.24, 2.45) is 5.92 Å². The second-order valence-corrected chi connectivity index (χ2v) is 9.82. The molecule has 0 unspecified atom stereocenters. The minimum atomic E-state index is -1.83. The Hall–Kier alpha value is -0.830. The van der Waals surface area contributed by atoms with Gasteiger partial charge in [-0.15, -0.1) is 0 Å². The smallest absolute Gasteiger partial charge is 0.123 e. The molecule has 112 valence electrons. The average Bonchev–Trinajstić information content (AvgIpc) is 2.30. The lowest BCUT2D eigenvalue weighted by Gasteiger charge is -2.28. The summed E-state index contributed by atoms with van der Waals surface area (Å²) in [6.07, 6.45) is 2.78. The van der Waals surface area contributed by atoms with Gasteiger partial charge < -0.3 is 0 Å². The fourth-order valence-corrected chi connectivity index (χ4v) is 4.72. The molecule has 1 fully saturated rings. The molecule has 3 heteroatoms. The Bertz CT molecular complexity index is 567. The van der Waals surface area contributed by atoms with Gasteiger partial charge in [-0.1, -0.05) is 26.8 Å². The van der Waals surface area contributed by atoms with Crippen LogP contribution in [-0.4, -0.2) is 21.6 Å². The molecule has 1 aliphatic rings. The van der Waals surface area contributed by atoms with Gasteiger partial charge in [-0.25, -0.2) is 4.39 Å². The van der Waals surface area contributed by atoms with Gasteiger partial charge in [0.1, 0.15) is 5.82 Å². The number of rotatable bonds is 2. The van der Waals surface area contributed by atoms with Crippen molar-refractivity contribution in [3.05, 3.63) is 35.1 Å². The van der Waals surface area contributed by atoms with Gasteiger partial charge in [0.05, 0.1) is 0 Å². The lowest BCUT2D eigenvalue weighted by molar-refractivity contribution is 0.468. The molecule has 1 aromatic rings. The maximum atomic E-state index is 13.6. The molecule has 1 heterocycles. The van der Waals surface area contributed by atoms with E-state index in [0.29, 0.717) is 5.92 Å². The molecule has 0 aromatic heterocycles. The van der Waals surface area contributed by atoms with Crippen LogP contribution in [0.3, 0.4) is 0 Å². The standard InChI is InChI=1S/C17H25FOS/c1-17(2,3)16-6-5-15(18)12-14(16)11-13-7-9-20(4,19)10-8-13/h5-6,12-13H,4,7-11H2,1-3H3. The van der Waals surface area contributed by atoms with Crippen LogP contribution in [0.15, 0.2) is 18.2 Å². The van der Waals surface area contributed by atoms with Crippen LogP contribution in [0.25, 0.3) is 0 Å². The molecule has 1 aromatic carbocycles. The largest absolute Gasteiger partial charge is 0.268 e. The van der Waals surface area contributed by atoms with Gasteiger partial charge in [-0.05, 0) is 69.2 Å². The second kappa shape index (κ2) is 5.51. The van der Waals surface area contributed by atoms with Gasteiger partial charge in [0.2, 0.25) is 0 Å². The molecule has 0 amide bonds. The predicted molar refractivity (Wildman–Crippen MR) is 86.5 cm³/mol. The lowest BCUT2D eigenvalue weighted by atomic mass is 9.80. The van der Waals surface area contributed by atoms with Crippen molar-refractivity contribution in [1.82, 2.24) is 0 Å². The van der Waals surface area contributed by atoms with Crippen molar-refractivity contribution in [3.63, 3.8) is 0 Å². The highest BCUT2D eigenvalue weighted by atomic mass is 32.2. The molecule has 20 heavy (non-hydrogen) atoms.